The Labute approximate surface area is 145 Å². The Bertz CT molecular complexity index is 617. The summed E-state index contributed by atoms with van der Waals surface area (Å²) in [5.41, 5.74) is 3.16. The number of Topliss-reactive ketones (excluding diaryl/α,β-unsaturated/α-hetero) is 1. The van der Waals surface area contributed by atoms with Crippen LogP contribution in [0.15, 0.2) is 47.9 Å². The van der Waals surface area contributed by atoms with E-state index in [-0.39, 0.29) is 11.8 Å². The summed E-state index contributed by atoms with van der Waals surface area (Å²) < 4.78 is 10.6. The Morgan fingerprint density at radius 1 is 1.21 bits per heavy atom. The maximum atomic E-state index is 12.6. The molecule has 4 nitrogen and oxygen atoms in total. The minimum absolute atomic E-state index is 0.0663. The number of hydrogen-bond acceptors (Lipinski definition) is 4. The van der Waals surface area contributed by atoms with Crippen LogP contribution in [0, 0.1) is 6.92 Å². The lowest BCUT2D eigenvalue weighted by Gasteiger charge is -2.27. The van der Waals surface area contributed by atoms with Crippen molar-refractivity contribution in [3.8, 4) is 0 Å². The molecule has 4 heteroatoms. The van der Waals surface area contributed by atoms with Gasteiger partial charge >= 0.3 is 0 Å². The number of benzene rings is 1. The largest absolute Gasteiger partial charge is 0.494 e. The lowest BCUT2D eigenvalue weighted by atomic mass is 9.95. The fraction of sp³-hybridized carbons (Fsp3) is 0.450. The van der Waals surface area contributed by atoms with Gasteiger partial charge in [-0.25, -0.2) is 0 Å². The summed E-state index contributed by atoms with van der Waals surface area (Å²) in [5.74, 6) is 1.26. The van der Waals surface area contributed by atoms with Crippen molar-refractivity contribution < 1.29 is 14.3 Å². The van der Waals surface area contributed by atoms with Gasteiger partial charge in [-0.2, -0.15) is 0 Å². The molecule has 0 aliphatic heterocycles. The molecule has 132 valence electrons. The zero-order valence-corrected chi connectivity index (χ0v) is 15.7. The first-order valence-corrected chi connectivity index (χ1v) is 8.02. The van der Waals surface area contributed by atoms with E-state index >= 15 is 0 Å². The highest BCUT2D eigenvalue weighted by Gasteiger charge is 2.23. The number of hydrogen-bond donors (Lipinski definition) is 0. The Balaban J connectivity index is 2.97. The number of methoxy groups -OCH3 is 2. The third-order valence-corrected chi connectivity index (χ3v) is 4.26. The molecule has 0 bridgehead atoms. The first-order chi connectivity index (χ1) is 11.3. The molecule has 0 amide bonds. The summed E-state index contributed by atoms with van der Waals surface area (Å²) >= 11 is 0. The second-order valence-corrected chi connectivity index (χ2v) is 6.17. The lowest BCUT2D eigenvalue weighted by molar-refractivity contribution is -0.119. The normalized spacial score (nSPS) is 13.3. The van der Waals surface area contributed by atoms with Crippen molar-refractivity contribution in [3.63, 3.8) is 0 Å². The van der Waals surface area contributed by atoms with Crippen molar-refractivity contribution in [1.82, 2.24) is 4.90 Å². The van der Waals surface area contributed by atoms with Crippen molar-refractivity contribution in [2.75, 3.05) is 28.3 Å². The first kappa shape index (κ1) is 20.0. The molecule has 1 aromatic carbocycles. The van der Waals surface area contributed by atoms with Crippen molar-refractivity contribution in [2.24, 2.45) is 0 Å². The monoisotopic (exact) mass is 331 g/mol. The Hall–Kier alpha value is -2.07. The van der Waals surface area contributed by atoms with Gasteiger partial charge in [-0.05, 0) is 44.6 Å². The van der Waals surface area contributed by atoms with E-state index in [9.17, 15) is 4.79 Å². The predicted molar refractivity (Wildman–Crippen MR) is 97.8 cm³/mol. The maximum absolute atomic E-state index is 12.6. The van der Waals surface area contributed by atoms with Gasteiger partial charge in [-0.1, -0.05) is 30.8 Å². The number of aryl methyl sites for hydroxylation is 1. The fourth-order valence-corrected chi connectivity index (χ4v) is 2.77. The van der Waals surface area contributed by atoms with Gasteiger partial charge in [-0.15, -0.1) is 0 Å². The van der Waals surface area contributed by atoms with E-state index in [0.717, 1.165) is 16.7 Å². The molecular weight excluding hydrogens is 302 g/mol. The Kier molecular flexibility index (Phi) is 7.72. The minimum Gasteiger partial charge on any atom is -0.494 e. The third kappa shape index (κ3) is 5.24. The van der Waals surface area contributed by atoms with E-state index in [1.54, 1.807) is 14.2 Å². The molecule has 0 spiro atoms. The summed E-state index contributed by atoms with van der Waals surface area (Å²) in [5, 5.41) is 0. The van der Waals surface area contributed by atoms with Crippen LogP contribution in [0.4, 0.5) is 0 Å². The highest BCUT2D eigenvalue weighted by atomic mass is 16.5. The Morgan fingerprint density at radius 2 is 1.83 bits per heavy atom. The number of carbonyl (C=O) groups excluding carboxylic acids is 1. The van der Waals surface area contributed by atoms with E-state index < -0.39 is 0 Å². The second-order valence-electron chi connectivity index (χ2n) is 6.17. The van der Waals surface area contributed by atoms with E-state index in [1.807, 2.05) is 57.1 Å². The van der Waals surface area contributed by atoms with Gasteiger partial charge < -0.3 is 14.4 Å². The topological polar surface area (TPSA) is 38.8 Å². The smallest absolute Gasteiger partial charge is 0.160 e. The van der Waals surface area contributed by atoms with Gasteiger partial charge in [0, 0.05) is 18.9 Å². The van der Waals surface area contributed by atoms with Crippen LogP contribution in [0.3, 0.4) is 0 Å². The first-order valence-electron chi connectivity index (χ1n) is 8.02. The van der Waals surface area contributed by atoms with Gasteiger partial charge in [0.05, 0.1) is 14.2 Å². The van der Waals surface area contributed by atoms with Crippen LogP contribution >= 0.6 is 0 Å². The van der Waals surface area contributed by atoms with Crippen molar-refractivity contribution >= 4 is 5.78 Å². The van der Waals surface area contributed by atoms with Gasteiger partial charge in [0.15, 0.2) is 11.5 Å². The van der Waals surface area contributed by atoms with Crippen LogP contribution in [-0.2, 0) is 20.7 Å². The van der Waals surface area contributed by atoms with E-state index in [4.69, 9.17) is 9.47 Å². The van der Waals surface area contributed by atoms with Crippen LogP contribution < -0.4 is 0 Å². The molecule has 0 heterocycles. The van der Waals surface area contributed by atoms with Crippen molar-refractivity contribution in [3.05, 3.63) is 59.1 Å². The molecule has 0 N–H and O–H groups in total. The second kappa shape index (κ2) is 9.28. The molecule has 1 rings (SSSR count). The van der Waals surface area contributed by atoms with Crippen molar-refractivity contribution in [2.45, 2.75) is 32.7 Å². The van der Waals surface area contributed by atoms with Gasteiger partial charge in [0.25, 0.3) is 0 Å². The molecule has 0 aromatic heterocycles. The lowest BCUT2D eigenvalue weighted by Crippen LogP contribution is -2.33. The van der Waals surface area contributed by atoms with Crippen LogP contribution in [-0.4, -0.2) is 45.0 Å². The average Bonchev–Trinajstić information content (AvgIpc) is 2.54. The SMILES string of the molecule is C=C(OC)C(OC)=C(C)C(CC(=O)Cc1ccccc1C)N(C)C. The standard InChI is InChI=1S/C20H29NO3/c1-14-10-8-9-11-17(14)12-18(22)13-19(21(4)5)15(2)20(24-7)16(3)23-6/h8-11,19H,3,12-13H2,1-2,4-7H3. The van der Waals surface area contributed by atoms with Crippen molar-refractivity contribution in [1.29, 1.82) is 0 Å². The molecule has 0 saturated heterocycles. The van der Waals surface area contributed by atoms with Crippen LogP contribution in [0.25, 0.3) is 0 Å². The number of nitrogens with zero attached hydrogens (tertiary/aromatic N) is 1. The van der Waals surface area contributed by atoms with Gasteiger partial charge in [-0.3, -0.25) is 4.79 Å². The summed E-state index contributed by atoms with van der Waals surface area (Å²) in [7, 11) is 7.06. The highest BCUT2D eigenvalue weighted by molar-refractivity contribution is 5.82. The highest BCUT2D eigenvalue weighted by Crippen LogP contribution is 2.22. The number of ketones is 1. The zero-order valence-electron chi connectivity index (χ0n) is 15.7. The Morgan fingerprint density at radius 3 is 2.33 bits per heavy atom. The van der Waals surface area contributed by atoms with E-state index in [1.165, 1.54) is 0 Å². The molecule has 0 aliphatic rings. The molecular formula is C20H29NO3. The summed E-state index contributed by atoms with van der Waals surface area (Å²) in [6.45, 7) is 7.84. The molecule has 0 aliphatic carbocycles. The third-order valence-electron chi connectivity index (χ3n) is 4.26. The quantitative estimate of drug-likeness (QED) is 0.513. The summed E-state index contributed by atoms with van der Waals surface area (Å²) in [6, 6.07) is 7.93. The van der Waals surface area contributed by atoms with E-state index in [2.05, 4.69) is 6.58 Å². The number of rotatable bonds is 9. The van der Waals surface area contributed by atoms with Gasteiger partial charge in [0.1, 0.15) is 5.78 Å². The van der Waals surface area contributed by atoms with Crippen LogP contribution in [0.5, 0.6) is 0 Å². The molecule has 1 aromatic rings. The zero-order chi connectivity index (χ0) is 18.3. The van der Waals surface area contributed by atoms with E-state index in [0.29, 0.717) is 24.4 Å². The minimum atomic E-state index is -0.0663. The predicted octanol–water partition coefficient (Wildman–Crippen LogP) is 3.51. The molecule has 0 radical (unpaired) electrons. The molecule has 1 atom stereocenters. The summed E-state index contributed by atoms with van der Waals surface area (Å²) in [4.78, 5) is 14.6. The number of likely N-dealkylation sites (N-methyl/N-ethyl adjacent to an activating group) is 1. The molecule has 0 saturated carbocycles. The van der Waals surface area contributed by atoms with Crippen LogP contribution in [0.2, 0.25) is 0 Å². The average molecular weight is 331 g/mol. The molecule has 24 heavy (non-hydrogen) atoms. The number of carbonyl (C=O) groups is 1. The van der Waals surface area contributed by atoms with Gasteiger partial charge in [0.2, 0.25) is 0 Å². The van der Waals surface area contributed by atoms with Crippen LogP contribution in [0.1, 0.15) is 24.5 Å². The number of ether oxygens (including phenoxy) is 2. The molecule has 0 fully saturated rings. The fourth-order valence-electron chi connectivity index (χ4n) is 2.77. The maximum Gasteiger partial charge on any atom is 0.160 e. The molecule has 1 unspecified atom stereocenters. The summed E-state index contributed by atoms with van der Waals surface area (Å²) in [6.07, 6.45) is 0.856.